The van der Waals surface area contributed by atoms with E-state index in [-0.39, 0.29) is 29.3 Å². The van der Waals surface area contributed by atoms with Crippen LogP contribution in [0.4, 0.5) is 0 Å². The molecule has 2 heterocycles. The van der Waals surface area contributed by atoms with E-state index in [1.54, 1.807) is 6.07 Å². The molecule has 2 aliphatic heterocycles. The third-order valence-electron chi connectivity index (χ3n) is 5.38. The van der Waals surface area contributed by atoms with Crippen molar-refractivity contribution in [2.45, 2.75) is 44.6 Å². The van der Waals surface area contributed by atoms with Crippen LogP contribution in [-0.2, 0) is 19.6 Å². The van der Waals surface area contributed by atoms with Gasteiger partial charge in [-0.05, 0) is 25.0 Å². The van der Waals surface area contributed by atoms with Gasteiger partial charge in [-0.2, -0.15) is 4.31 Å². The lowest BCUT2D eigenvalue weighted by Gasteiger charge is -2.36. The quantitative estimate of drug-likeness (QED) is 0.719. The van der Waals surface area contributed by atoms with Crippen molar-refractivity contribution in [1.82, 2.24) is 14.5 Å². The van der Waals surface area contributed by atoms with Gasteiger partial charge in [-0.3, -0.25) is 9.59 Å². The molecule has 3 rings (SSSR count). The molecular weight excluding hydrogens is 422 g/mol. The molecule has 0 bridgehead atoms. The predicted octanol–water partition coefficient (Wildman–Crippen LogP) is 1.23. The number of ether oxygens (including phenoxy) is 2. The van der Waals surface area contributed by atoms with Crippen molar-refractivity contribution in [3.63, 3.8) is 0 Å². The van der Waals surface area contributed by atoms with Crippen LogP contribution in [-0.4, -0.2) is 75.4 Å². The zero-order chi connectivity index (χ0) is 22.8. The number of carbonyl (C=O) groups excluding carboxylic acids is 2. The van der Waals surface area contributed by atoms with Crippen LogP contribution >= 0.6 is 0 Å². The number of fused-ring (bicyclic) bond motifs is 1. The first-order valence-electron chi connectivity index (χ1n) is 10.4. The smallest absolute Gasteiger partial charge is 0.243 e. The average molecular weight is 454 g/mol. The van der Waals surface area contributed by atoms with Crippen LogP contribution in [0.25, 0.3) is 0 Å². The predicted molar refractivity (Wildman–Crippen MR) is 114 cm³/mol. The number of hydrogen-bond donors (Lipinski definition) is 1. The lowest BCUT2D eigenvalue weighted by molar-refractivity contribution is -0.140. The highest BCUT2D eigenvalue weighted by atomic mass is 32.2. The number of nitrogens with zero attached hydrogens (tertiary/aromatic N) is 2. The number of piperidine rings is 1. The fourth-order valence-electron chi connectivity index (χ4n) is 3.63. The van der Waals surface area contributed by atoms with Crippen molar-refractivity contribution < 1.29 is 27.5 Å². The molecule has 0 spiro atoms. The van der Waals surface area contributed by atoms with Crippen molar-refractivity contribution in [3.8, 4) is 11.5 Å². The maximum atomic E-state index is 12.9. The number of benzene rings is 1. The van der Waals surface area contributed by atoms with E-state index in [2.05, 4.69) is 5.32 Å². The van der Waals surface area contributed by atoms with Gasteiger partial charge in [0.2, 0.25) is 21.8 Å². The molecule has 0 aliphatic carbocycles. The molecule has 0 saturated carbocycles. The molecule has 2 aliphatic rings. The molecule has 1 aromatic rings. The van der Waals surface area contributed by atoms with Crippen LogP contribution < -0.4 is 14.8 Å². The van der Waals surface area contributed by atoms with Crippen LogP contribution in [0.15, 0.2) is 23.1 Å². The number of amides is 2. The van der Waals surface area contributed by atoms with E-state index < -0.39 is 15.4 Å². The van der Waals surface area contributed by atoms with Crippen molar-refractivity contribution in [3.05, 3.63) is 18.2 Å². The van der Waals surface area contributed by atoms with Gasteiger partial charge in [-0.15, -0.1) is 0 Å². The van der Waals surface area contributed by atoms with Gasteiger partial charge in [0, 0.05) is 37.7 Å². The summed E-state index contributed by atoms with van der Waals surface area (Å²) in [4.78, 5) is 26.7. The normalized spacial score (nSPS) is 17.5. The first-order chi connectivity index (χ1) is 14.5. The van der Waals surface area contributed by atoms with Gasteiger partial charge in [-0.1, -0.05) is 20.8 Å². The first-order valence-corrected chi connectivity index (χ1v) is 11.9. The molecule has 1 N–H and O–H groups in total. The van der Waals surface area contributed by atoms with E-state index in [1.165, 1.54) is 19.2 Å². The van der Waals surface area contributed by atoms with E-state index in [9.17, 15) is 18.0 Å². The number of carbonyl (C=O) groups is 2. The Labute approximate surface area is 183 Å². The Morgan fingerprint density at radius 3 is 2.35 bits per heavy atom. The number of rotatable bonds is 5. The number of hydrogen-bond acceptors (Lipinski definition) is 6. The molecule has 1 saturated heterocycles. The second kappa shape index (κ2) is 9.04. The van der Waals surface area contributed by atoms with Gasteiger partial charge in [0.25, 0.3) is 0 Å². The number of sulfonamides is 1. The molecule has 0 unspecified atom stereocenters. The molecule has 9 nitrogen and oxygen atoms in total. The summed E-state index contributed by atoms with van der Waals surface area (Å²) in [6, 6.07) is 4.34. The Hall–Kier alpha value is -2.33. The Morgan fingerprint density at radius 2 is 1.74 bits per heavy atom. The molecule has 1 aromatic carbocycles. The minimum atomic E-state index is -3.86. The molecule has 0 atom stereocenters. The summed E-state index contributed by atoms with van der Waals surface area (Å²) >= 11 is 0. The number of likely N-dealkylation sites (N-methyl/N-ethyl adjacent to an activating group) is 1. The summed E-state index contributed by atoms with van der Waals surface area (Å²) in [5, 5.41) is 2.89. The van der Waals surface area contributed by atoms with Gasteiger partial charge in [0.05, 0.1) is 11.4 Å². The molecule has 2 amide bonds. The second-order valence-electron chi connectivity index (χ2n) is 8.95. The van der Waals surface area contributed by atoms with Gasteiger partial charge in [0.1, 0.15) is 13.2 Å². The zero-order valence-electron chi connectivity index (χ0n) is 18.5. The van der Waals surface area contributed by atoms with Crippen molar-refractivity contribution in [2.24, 2.45) is 5.41 Å². The second-order valence-corrected chi connectivity index (χ2v) is 11.0. The average Bonchev–Trinajstić information content (AvgIpc) is 2.72. The van der Waals surface area contributed by atoms with Crippen molar-refractivity contribution in [2.75, 3.05) is 39.9 Å². The third-order valence-corrected chi connectivity index (χ3v) is 7.18. The Morgan fingerprint density at radius 1 is 1.13 bits per heavy atom. The maximum Gasteiger partial charge on any atom is 0.243 e. The Bertz CT molecular complexity index is 933. The molecular formula is C21H31N3O6S. The Balaban J connectivity index is 1.54. The fourth-order valence-corrected chi connectivity index (χ4v) is 4.77. The van der Waals surface area contributed by atoms with Crippen molar-refractivity contribution >= 4 is 21.8 Å². The molecule has 0 radical (unpaired) electrons. The van der Waals surface area contributed by atoms with Crippen LogP contribution in [0.3, 0.4) is 0 Å². The summed E-state index contributed by atoms with van der Waals surface area (Å²) in [5.41, 5.74) is -0.430. The molecule has 31 heavy (non-hydrogen) atoms. The zero-order valence-corrected chi connectivity index (χ0v) is 19.3. The maximum absolute atomic E-state index is 12.9. The molecule has 10 heteroatoms. The summed E-state index contributed by atoms with van der Waals surface area (Å²) in [6.45, 7) is 7.30. The van der Waals surface area contributed by atoms with Gasteiger partial charge in [0.15, 0.2) is 11.5 Å². The van der Waals surface area contributed by atoms with E-state index >= 15 is 0 Å². The SMILES string of the molecule is CN(CC(=O)NC1CCN(C(=O)C(C)(C)C)CC1)S(=O)(=O)c1ccc2c(c1)OCCO2. The topological polar surface area (TPSA) is 105 Å². The van der Waals surface area contributed by atoms with Crippen LogP contribution in [0.5, 0.6) is 11.5 Å². The van der Waals surface area contributed by atoms with Gasteiger partial charge in [-0.25, -0.2) is 8.42 Å². The molecule has 0 aromatic heterocycles. The van der Waals surface area contributed by atoms with E-state index in [0.717, 1.165) is 4.31 Å². The monoisotopic (exact) mass is 453 g/mol. The van der Waals surface area contributed by atoms with Gasteiger partial charge < -0.3 is 19.7 Å². The number of nitrogens with one attached hydrogen (secondary N) is 1. The lowest BCUT2D eigenvalue weighted by Crippen LogP contribution is -2.50. The molecule has 1 fully saturated rings. The van der Waals surface area contributed by atoms with E-state index in [1.807, 2.05) is 25.7 Å². The highest BCUT2D eigenvalue weighted by molar-refractivity contribution is 7.89. The minimum Gasteiger partial charge on any atom is -0.486 e. The van der Waals surface area contributed by atoms with Crippen LogP contribution in [0.2, 0.25) is 0 Å². The highest BCUT2D eigenvalue weighted by Gasteiger charge is 2.31. The summed E-state index contributed by atoms with van der Waals surface area (Å²) < 4.78 is 37.6. The number of likely N-dealkylation sites (tertiary alicyclic amines) is 1. The minimum absolute atomic E-state index is 0.0426. The largest absolute Gasteiger partial charge is 0.486 e. The van der Waals surface area contributed by atoms with Crippen molar-refractivity contribution in [1.29, 1.82) is 0 Å². The summed E-state index contributed by atoms with van der Waals surface area (Å²) in [5.74, 6) is 0.607. The standard InChI is InChI=1S/C21H31N3O6S/c1-21(2,3)20(26)24-9-7-15(8-10-24)22-19(25)14-23(4)31(27,28)16-5-6-17-18(13-16)30-12-11-29-17/h5-6,13,15H,7-12,14H2,1-4H3,(H,22,25). The fraction of sp³-hybridized carbons (Fsp3) is 0.619. The first kappa shape index (κ1) is 23.3. The van der Waals surface area contributed by atoms with Crippen LogP contribution in [0, 0.1) is 5.41 Å². The summed E-state index contributed by atoms with van der Waals surface area (Å²) in [7, 11) is -2.49. The summed E-state index contributed by atoms with van der Waals surface area (Å²) in [6.07, 6.45) is 1.29. The Kier molecular flexibility index (Phi) is 6.80. The lowest BCUT2D eigenvalue weighted by atomic mass is 9.93. The highest BCUT2D eigenvalue weighted by Crippen LogP contribution is 2.33. The van der Waals surface area contributed by atoms with E-state index in [4.69, 9.17) is 9.47 Å². The molecule has 172 valence electrons. The van der Waals surface area contributed by atoms with Crippen LogP contribution in [0.1, 0.15) is 33.6 Å². The van der Waals surface area contributed by atoms with Gasteiger partial charge >= 0.3 is 0 Å². The van der Waals surface area contributed by atoms with E-state index in [0.29, 0.717) is 50.6 Å². The third kappa shape index (κ3) is 5.48.